The molecule has 1 N–H and O–H groups in total. The number of aromatic nitrogens is 1. The van der Waals surface area contributed by atoms with E-state index in [2.05, 4.69) is 42.1 Å². The van der Waals surface area contributed by atoms with Gasteiger partial charge in [-0.3, -0.25) is 4.79 Å². The second-order valence-electron chi connectivity index (χ2n) is 4.53. The van der Waals surface area contributed by atoms with Crippen LogP contribution in [0.25, 0.3) is 0 Å². The molecule has 21 heavy (non-hydrogen) atoms. The first-order chi connectivity index (χ1) is 10.1. The molecule has 0 aliphatic heterocycles. The van der Waals surface area contributed by atoms with Gasteiger partial charge < -0.3 is 9.88 Å². The van der Waals surface area contributed by atoms with Crippen LogP contribution < -0.4 is 5.32 Å². The molecule has 1 rings (SSSR count). The average molecular weight is 306 g/mol. The lowest BCUT2D eigenvalue weighted by Crippen LogP contribution is -2.24. The number of thiol groups is 1. The van der Waals surface area contributed by atoms with E-state index in [9.17, 15) is 4.79 Å². The highest BCUT2D eigenvalue weighted by Crippen LogP contribution is 2.06. The fraction of sp³-hybridized carbons (Fsp3) is 0.353. The van der Waals surface area contributed by atoms with Gasteiger partial charge in [-0.1, -0.05) is 30.4 Å². The van der Waals surface area contributed by atoms with Crippen LogP contribution in [0.4, 0.5) is 0 Å². The van der Waals surface area contributed by atoms with Gasteiger partial charge >= 0.3 is 0 Å². The third-order valence-electron chi connectivity index (χ3n) is 2.99. The predicted molar refractivity (Wildman–Crippen MR) is 94.6 cm³/mol. The highest BCUT2D eigenvalue weighted by atomic mass is 32.1. The molecule has 0 saturated heterocycles. The molecule has 1 heterocycles. The Bertz CT molecular complexity index is 513. The van der Waals surface area contributed by atoms with Gasteiger partial charge in [0, 0.05) is 24.0 Å². The molecule has 0 radical (unpaired) electrons. The highest BCUT2D eigenvalue weighted by Gasteiger charge is 2.05. The largest absolute Gasteiger partial charge is 0.347 e. The zero-order valence-corrected chi connectivity index (χ0v) is 14.3. The minimum atomic E-state index is -0.0598. The highest BCUT2D eigenvalue weighted by molar-refractivity contribution is 7.79. The van der Waals surface area contributed by atoms with Crippen molar-refractivity contribution < 1.29 is 4.79 Å². The van der Waals surface area contributed by atoms with E-state index in [1.807, 2.05) is 25.3 Å². The summed E-state index contributed by atoms with van der Waals surface area (Å²) in [6.45, 7) is 10.9. The van der Waals surface area contributed by atoms with Crippen LogP contribution in [0.2, 0.25) is 0 Å². The quantitative estimate of drug-likeness (QED) is 0.357. The van der Waals surface area contributed by atoms with Crippen LogP contribution in [0.1, 0.15) is 26.5 Å². The summed E-state index contributed by atoms with van der Waals surface area (Å²) >= 11 is 3.53. The van der Waals surface area contributed by atoms with Gasteiger partial charge in [0.1, 0.15) is 0 Å². The van der Waals surface area contributed by atoms with E-state index >= 15 is 0 Å². The molecule has 116 valence electrons. The van der Waals surface area contributed by atoms with Gasteiger partial charge in [-0.2, -0.15) is 12.6 Å². The second-order valence-corrected chi connectivity index (χ2v) is 4.53. The molecule has 0 aliphatic rings. The Hall–Kier alpha value is -1.68. The smallest absolute Gasteiger partial charge is 0.247 e. The van der Waals surface area contributed by atoms with Crippen molar-refractivity contribution in [2.24, 2.45) is 0 Å². The minimum Gasteiger partial charge on any atom is -0.347 e. The molecule has 0 fully saturated rings. The van der Waals surface area contributed by atoms with Crippen molar-refractivity contribution >= 4 is 18.5 Å². The van der Waals surface area contributed by atoms with Gasteiger partial charge in [0.15, 0.2) is 0 Å². The van der Waals surface area contributed by atoms with Crippen molar-refractivity contribution in [3.8, 4) is 0 Å². The van der Waals surface area contributed by atoms with Gasteiger partial charge in [0.25, 0.3) is 0 Å². The third kappa shape index (κ3) is 7.04. The number of carbonyl (C=O) groups excluding carboxylic acids is 1. The minimum absolute atomic E-state index is 0.0598. The summed E-state index contributed by atoms with van der Waals surface area (Å²) in [7, 11) is 0. The maximum Gasteiger partial charge on any atom is 0.247 e. The fourth-order valence-electron chi connectivity index (χ4n) is 1.69. The molecular weight excluding hydrogens is 280 g/mol. The Morgan fingerprint density at radius 1 is 1.43 bits per heavy atom. The molecule has 0 aliphatic carbocycles. The maximum absolute atomic E-state index is 11.8. The SMILES string of the molecule is C=C/C=C(\C)C(=O)NCc1cccn1C/C(C)=C/C.CS. The number of carbonyl (C=O) groups is 1. The van der Waals surface area contributed by atoms with Crippen molar-refractivity contribution in [2.45, 2.75) is 33.9 Å². The molecule has 0 saturated carbocycles. The lowest BCUT2D eigenvalue weighted by Gasteiger charge is -2.10. The molecule has 1 aromatic heterocycles. The second kappa shape index (κ2) is 11.0. The van der Waals surface area contributed by atoms with Gasteiger partial charge in [0.2, 0.25) is 5.91 Å². The monoisotopic (exact) mass is 306 g/mol. The third-order valence-corrected chi connectivity index (χ3v) is 2.99. The molecule has 0 aromatic carbocycles. The van der Waals surface area contributed by atoms with E-state index in [0.717, 1.165) is 12.2 Å². The molecule has 1 aromatic rings. The van der Waals surface area contributed by atoms with Crippen LogP contribution in [0.5, 0.6) is 0 Å². The lowest BCUT2D eigenvalue weighted by molar-refractivity contribution is -0.117. The van der Waals surface area contributed by atoms with Crippen LogP contribution in [0.3, 0.4) is 0 Å². The van der Waals surface area contributed by atoms with Crippen LogP contribution in [0, 0.1) is 0 Å². The summed E-state index contributed by atoms with van der Waals surface area (Å²) in [5.41, 5.74) is 3.06. The number of amides is 1. The number of nitrogens with zero attached hydrogens (tertiary/aromatic N) is 1. The zero-order chi connectivity index (χ0) is 16.3. The number of hydrogen-bond acceptors (Lipinski definition) is 2. The Kier molecular flexibility index (Phi) is 10.1. The summed E-state index contributed by atoms with van der Waals surface area (Å²) in [5, 5.41) is 2.91. The topological polar surface area (TPSA) is 34.0 Å². The van der Waals surface area contributed by atoms with Crippen LogP contribution in [0.15, 0.2) is 54.3 Å². The normalized spacial score (nSPS) is 11.5. The van der Waals surface area contributed by atoms with E-state index in [1.54, 1.807) is 25.3 Å². The molecule has 3 nitrogen and oxygen atoms in total. The predicted octanol–water partition coefficient (Wildman–Crippen LogP) is 3.75. The summed E-state index contributed by atoms with van der Waals surface area (Å²) in [6.07, 6.45) is 9.14. The maximum atomic E-state index is 11.8. The summed E-state index contributed by atoms with van der Waals surface area (Å²) in [6, 6.07) is 4.02. The molecule has 0 unspecified atom stereocenters. The molecular formula is C17H26N2OS. The number of rotatable bonds is 6. The van der Waals surface area contributed by atoms with E-state index in [1.165, 1.54) is 5.57 Å². The Morgan fingerprint density at radius 2 is 2.10 bits per heavy atom. The average Bonchev–Trinajstić information content (AvgIpc) is 2.94. The Labute approximate surface area is 133 Å². The summed E-state index contributed by atoms with van der Waals surface area (Å²) < 4.78 is 2.14. The van der Waals surface area contributed by atoms with Crippen molar-refractivity contribution in [3.63, 3.8) is 0 Å². The summed E-state index contributed by atoms with van der Waals surface area (Å²) in [5.74, 6) is -0.0598. The van der Waals surface area contributed by atoms with Gasteiger partial charge in [-0.05, 0) is 39.2 Å². The number of allylic oxidation sites excluding steroid dienone is 4. The van der Waals surface area contributed by atoms with Crippen LogP contribution in [-0.2, 0) is 17.9 Å². The van der Waals surface area contributed by atoms with Gasteiger partial charge in [-0.15, -0.1) is 0 Å². The van der Waals surface area contributed by atoms with Crippen LogP contribution >= 0.6 is 12.6 Å². The number of nitrogens with one attached hydrogen (secondary N) is 1. The first-order valence-electron chi connectivity index (χ1n) is 6.86. The van der Waals surface area contributed by atoms with Gasteiger partial charge in [-0.25, -0.2) is 0 Å². The van der Waals surface area contributed by atoms with Gasteiger partial charge in [0.05, 0.1) is 6.54 Å². The molecule has 0 spiro atoms. The van der Waals surface area contributed by atoms with Crippen molar-refractivity contribution in [3.05, 3.63) is 60.0 Å². The first kappa shape index (κ1) is 19.3. The van der Waals surface area contributed by atoms with E-state index < -0.39 is 0 Å². The van der Waals surface area contributed by atoms with E-state index in [0.29, 0.717) is 12.1 Å². The Morgan fingerprint density at radius 3 is 2.67 bits per heavy atom. The zero-order valence-electron chi connectivity index (χ0n) is 13.4. The Balaban J connectivity index is 0.00000191. The van der Waals surface area contributed by atoms with E-state index in [-0.39, 0.29) is 5.91 Å². The lowest BCUT2D eigenvalue weighted by atomic mass is 10.2. The fourth-order valence-corrected chi connectivity index (χ4v) is 1.69. The van der Waals surface area contributed by atoms with Crippen LogP contribution in [-0.4, -0.2) is 16.7 Å². The van der Waals surface area contributed by atoms with Crippen molar-refractivity contribution in [1.82, 2.24) is 9.88 Å². The summed E-state index contributed by atoms with van der Waals surface area (Å²) in [4.78, 5) is 11.8. The molecule has 0 atom stereocenters. The molecule has 4 heteroatoms. The van der Waals surface area contributed by atoms with Crippen molar-refractivity contribution in [2.75, 3.05) is 6.26 Å². The number of hydrogen-bond donors (Lipinski definition) is 2. The van der Waals surface area contributed by atoms with E-state index in [4.69, 9.17) is 0 Å². The molecule has 1 amide bonds. The standard InChI is InChI=1S/C16H22N2O.CH4S/c1-5-8-14(4)16(19)17-11-15-9-7-10-18(15)12-13(3)6-2;1-2/h5-10H,1,11-12H2,2-4H3,(H,17,19);2H,1H3/b13-6+,14-8+;. The first-order valence-corrected chi connectivity index (χ1v) is 7.76. The molecule has 0 bridgehead atoms. The van der Waals surface area contributed by atoms with Crippen molar-refractivity contribution in [1.29, 1.82) is 0 Å².